The van der Waals surface area contributed by atoms with Crippen molar-refractivity contribution in [2.45, 2.75) is 25.7 Å². The summed E-state index contributed by atoms with van der Waals surface area (Å²) in [5.41, 5.74) is 3.74. The molecular weight excluding hydrogens is 224 g/mol. The molecule has 0 bridgehead atoms. The molecule has 0 spiro atoms. The predicted octanol–water partition coefficient (Wildman–Crippen LogP) is 1.43. The molecule has 0 heterocycles. The summed E-state index contributed by atoms with van der Waals surface area (Å²) >= 11 is 0. The van der Waals surface area contributed by atoms with E-state index in [1.165, 1.54) is 0 Å². The number of aryl methyl sites for hydroxylation is 1. The van der Waals surface area contributed by atoms with Gasteiger partial charge in [0.25, 0.3) is 10.0 Å². The molecule has 0 aliphatic rings. The number of hydrazine groups is 1. The largest absolute Gasteiger partial charge is 0.253 e. The van der Waals surface area contributed by atoms with Crippen molar-refractivity contribution in [1.82, 2.24) is 10.3 Å². The third-order valence-corrected chi connectivity index (χ3v) is 3.35. The van der Waals surface area contributed by atoms with Gasteiger partial charge in [-0.1, -0.05) is 31.5 Å². The highest BCUT2D eigenvalue weighted by atomic mass is 32.2. The van der Waals surface area contributed by atoms with Crippen LogP contribution in [0.15, 0.2) is 29.2 Å². The zero-order chi connectivity index (χ0) is 12.2. The Morgan fingerprint density at radius 3 is 2.25 bits per heavy atom. The highest BCUT2D eigenvalue weighted by Crippen LogP contribution is 2.08. The van der Waals surface area contributed by atoms with Crippen LogP contribution < -0.4 is 10.3 Å². The molecule has 0 saturated heterocycles. The Bertz CT molecular complexity index is 424. The van der Waals surface area contributed by atoms with Crippen LogP contribution in [0.3, 0.4) is 0 Å². The van der Waals surface area contributed by atoms with Gasteiger partial charge in [0.15, 0.2) is 0 Å². The maximum atomic E-state index is 11.8. The van der Waals surface area contributed by atoms with Gasteiger partial charge in [-0.25, -0.2) is 13.8 Å². The van der Waals surface area contributed by atoms with E-state index in [1.807, 2.05) is 20.8 Å². The first kappa shape index (κ1) is 13.2. The van der Waals surface area contributed by atoms with Gasteiger partial charge in [-0.05, 0) is 25.0 Å². The minimum absolute atomic E-state index is 0.273. The highest BCUT2D eigenvalue weighted by Gasteiger charge is 2.12. The second-order valence-electron chi connectivity index (χ2n) is 4.19. The fourth-order valence-corrected chi connectivity index (χ4v) is 2.00. The van der Waals surface area contributed by atoms with Crippen LogP contribution >= 0.6 is 0 Å². The summed E-state index contributed by atoms with van der Waals surface area (Å²) in [6.07, 6.45) is 0. The van der Waals surface area contributed by atoms with Gasteiger partial charge in [0, 0.05) is 6.54 Å². The van der Waals surface area contributed by atoms with Crippen LogP contribution in [-0.2, 0) is 10.0 Å². The van der Waals surface area contributed by atoms with Gasteiger partial charge in [-0.3, -0.25) is 0 Å². The fraction of sp³-hybridized carbons (Fsp3) is 0.455. The molecule has 2 N–H and O–H groups in total. The molecule has 1 aromatic carbocycles. The van der Waals surface area contributed by atoms with Crippen molar-refractivity contribution in [3.8, 4) is 0 Å². The summed E-state index contributed by atoms with van der Waals surface area (Å²) in [5, 5.41) is 0. The Hall–Kier alpha value is -0.910. The molecule has 0 aliphatic carbocycles. The molecule has 1 rings (SSSR count). The molecule has 5 heteroatoms. The second kappa shape index (κ2) is 5.43. The van der Waals surface area contributed by atoms with E-state index in [0.29, 0.717) is 12.5 Å². The summed E-state index contributed by atoms with van der Waals surface area (Å²) < 4.78 is 23.5. The molecule has 0 fully saturated rings. The first-order valence-corrected chi connectivity index (χ1v) is 6.71. The zero-order valence-corrected chi connectivity index (χ0v) is 10.6. The molecule has 0 unspecified atom stereocenters. The third kappa shape index (κ3) is 3.92. The molecule has 4 nitrogen and oxygen atoms in total. The lowest BCUT2D eigenvalue weighted by Crippen LogP contribution is -2.39. The number of hydrogen-bond acceptors (Lipinski definition) is 3. The third-order valence-electron chi connectivity index (χ3n) is 2.05. The lowest BCUT2D eigenvalue weighted by molar-refractivity contribution is 0.513. The van der Waals surface area contributed by atoms with Crippen LogP contribution in [0, 0.1) is 12.8 Å². The summed E-state index contributed by atoms with van der Waals surface area (Å²) in [6, 6.07) is 6.73. The average molecular weight is 242 g/mol. The Balaban J connectivity index is 2.67. The van der Waals surface area contributed by atoms with Crippen LogP contribution in [0.5, 0.6) is 0 Å². The van der Waals surface area contributed by atoms with Gasteiger partial charge >= 0.3 is 0 Å². The van der Waals surface area contributed by atoms with E-state index >= 15 is 0 Å². The van der Waals surface area contributed by atoms with Gasteiger partial charge in [-0.15, -0.1) is 4.83 Å². The molecule has 16 heavy (non-hydrogen) atoms. The second-order valence-corrected chi connectivity index (χ2v) is 5.88. The summed E-state index contributed by atoms with van der Waals surface area (Å²) in [4.78, 5) is 2.62. The van der Waals surface area contributed by atoms with Gasteiger partial charge < -0.3 is 0 Å². The van der Waals surface area contributed by atoms with Crippen LogP contribution in [0.25, 0.3) is 0 Å². The smallest absolute Gasteiger partial charge is 0.244 e. The Kier molecular flexibility index (Phi) is 4.46. The summed E-state index contributed by atoms with van der Waals surface area (Å²) in [5.74, 6) is 0.390. The van der Waals surface area contributed by atoms with Crippen molar-refractivity contribution >= 4 is 10.0 Å². The van der Waals surface area contributed by atoms with E-state index in [9.17, 15) is 8.42 Å². The van der Waals surface area contributed by atoms with E-state index < -0.39 is 10.0 Å². The van der Waals surface area contributed by atoms with Crippen LogP contribution in [0.1, 0.15) is 19.4 Å². The zero-order valence-electron chi connectivity index (χ0n) is 9.82. The molecule has 0 saturated carbocycles. The Morgan fingerprint density at radius 1 is 1.19 bits per heavy atom. The van der Waals surface area contributed by atoms with Crippen molar-refractivity contribution in [3.63, 3.8) is 0 Å². The van der Waals surface area contributed by atoms with E-state index in [-0.39, 0.29) is 4.90 Å². The lowest BCUT2D eigenvalue weighted by Gasteiger charge is -2.10. The number of sulfonamides is 1. The van der Waals surface area contributed by atoms with Gasteiger partial charge in [0.2, 0.25) is 0 Å². The van der Waals surface area contributed by atoms with Crippen molar-refractivity contribution < 1.29 is 8.42 Å². The number of hydrogen-bond donors (Lipinski definition) is 2. The van der Waals surface area contributed by atoms with Crippen molar-refractivity contribution in [3.05, 3.63) is 29.8 Å². The number of nitrogens with one attached hydrogen (secondary N) is 2. The van der Waals surface area contributed by atoms with Crippen molar-refractivity contribution in [2.75, 3.05) is 6.54 Å². The predicted molar refractivity (Wildman–Crippen MR) is 64.3 cm³/mol. The standard InChI is InChI=1S/C11H18N2O2S/c1-9(2)8-12-13-16(14,15)11-6-4-10(3)5-7-11/h4-7,9,12-13H,8H2,1-3H3. The van der Waals surface area contributed by atoms with Crippen molar-refractivity contribution in [2.24, 2.45) is 5.92 Å². The fourth-order valence-electron chi connectivity index (χ4n) is 1.12. The van der Waals surface area contributed by atoms with E-state index in [4.69, 9.17) is 0 Å². The number of rotatable bonds is 5. The molecule has 0 radical (unpaired) electrons. The van der Waals surface area contributed by atoms with E-state index in [2.05, 4.69) is 10.3 Å². The minimum atomic E-state index is -3.43. The average Bonchev–Trinajstić information content (AvgIpc) is 2.17. The number of benzene rings is 1. The molecule has 0 amide bonds. The van der Waals surface area contributed by atoms with Gasteiger partial charge in [0.1, 0.15) is 0 Å². The molecule has 90 valence electrons. The first-order valence-electron chi connectivity index (χ1n) is 5.23. The molecule has 0 aromatic heterocycles. The van der Waals surface area contributed by atoms with Crippen LogP contribution in [-0.4, -0.2) is 15.0 Å². The van der Waals surface area contributed by atoms with Crippen LogP contribution in [0.4, 0.5) is 0 Å². The summed E-state index contributed by atoms with van der Waals surface area (Å²) in [6.45, 7) is 6.53. The Labute approximate surface area is 97.1 Å². The maximum Gasteiger partial charge on any atom is 0.253 e. The monoisotopic (exact) mass is 242 g/mol. The topological polar surface area (TPSA) is 58.2 Å². The van der Waals surface area contributed by atoms with E-state index in [0.717, 1.165) is 5.56 Å². The minimum Gasteiger partial charge on any atom is -0.244 e. The SMILES string of the molecule is Cc1ccc(S(=O)(=O)NNCC(C)C)cc1. The molecule has 1 aromatic rings. The summed E-state index contributed by atoms with van der Waals surface area (Å²) in [7, 11) is -3.43. The first-order chi connectivity index (χ1) is 7.42. The van der Waals surface area contributed by atoms with Crippen LogP contribution in [0.2, 0.25) is 0 Å². The van der Waals surface area contributed by atoms with Crippen molar-refractivity contribution in [1.29, 1.82) is 0 Å². The maximum absolute atomic E-state index is 11.8. The normalized spacial score (nSPS) is 12.0. The quantitative estimate of drug-likeness (QED) is 0.768. The molecule has 0 aliphatic heterocycles. The lowest BCUT2D eigenvalue weighted by atomic mass is 10.2. The Morgan fingerprint density at radius 2 is 1.75 bits per heavy atom. The van der Waals surface area contributed by atoms with Gasteiger partial charge in [-0.2, -0.15) is 0 Å². The van der Waals surface area contributed by atoms with Gasteiger partial charge in [0.05, 0.1) is 4.90 Å². The highest BCUT2D eigenvalue weighted by molar-refractivity contribution is 7.89. The molecule has 0 atom stereocenters. The molecular formula is C11H18N2O2S. The van der Waals surface area contributed by atoms with E-state index in [1.54, 1.807) is 24.3 Å².